The van der Waals surface area contributed by atoms with Gasteiger partial charge in [-0.15, -0.1) is 0 Å². The predicted molar refractivity (Wildman–Crippen MR) is 609 cm³/mol. The zero-order valence-electron chi connectivity index (χ0n) is 81.6. The molecular weight excluding hydrogens is 1740 g/mol. The van der Waals surface area contributed by atoms with Crippen LogP contribution < -0.4 is 19.6 Å². The lowest BCUT2D eigenvalue weighted by Gasteiger charge is -2.30. The molecule has 3 aliphatic rings. The number of hydrogen-bond acceptors (Lipinski definition) is 4. The van der Waals surface area contributed by atoms with Crippen molar-refractivity contribution in [2.24, 2.45) is 0 Å². The first-order valence-electron chi connectivity index (χ1n) is 49.9. The molecule has 0 fully saturated rings. The fourth-order valence-corrected chi connectivity index (χ4v) is 22.3. The third-order valence-corrected chi connectivity index (χ3v) is 29.3. The number of halogens is 1. The molecule has 23 aromatic rings. The molecule has 0 amide bonds. The van der Waals surface area contributed by atoms with Gasteiger partial charge in [0.2, 0.25) is 0 Å². The van der Waals surface area contributed by atoms with E-state index in [1.54, 1.807) is 0 Å². The lowest BCUT2D eigenvalue weighted by Crippen LogP contribution is -2.17. The first-order valence-corrected chi connectivity index (χ1v) is 49.9. The van der Waals surface area contributed by atoms with Crippen molar-refractivity contribution < 1.29 is 4.39 Å². The maximum absolute atomic E-state index is 13.6. The van der Waals surface area contributed by atoms with Crippen LogP contribution in [-0.2, 0) is 16.2 Å². The normalized spacial score (nSPS) is 12.7. The van der Waals surface area contributed by atoms with E-state index in [1.807, 2.05) is 54.6 Å². The summed E-state index contributed by atoms with van der Waals surface area (Å²) in [6.45, 7) is 14.1. The van der Waals surface area contributed by atoms with E-state index in [4.69, 9.17) is 0 Å². The Morgan fingerprint density at radius 1 is 0.146 bits per heavy atom. The Morgan fingerprint density at radius 3 is 0.715 bits per heavy atom. The van der Waals surface area contributed by atoms with Gasteiger partial charge in [-0.1, -0.05) is 412 Å². The van der Waals surface area contributed by atoms with Crippen molar-refractivity contribution >= 4 is 111 Å². The van der Waals surface area contributed by atoms with E-state index < -0.39 is 0 Å². The van der Waals surface area contributed by atoms with Crippen LogP contribution in [0.15, 0.2) is 540 Å². The molecule has 0 unspecified atom stereocenters. The minimum Gasteiger partial charge on any atom is -0.310 e. The van der Waals surface area contributed by atoms with Crippen molar-refractivity contribution in [1.29, 1.82) is 0 Å². The van der Waals surface area contributed by atoms with Crippen molar-refractivity contribution in [2.75, 3.05) is 19.6 Å². The number of fused-ring (bicyclic) bond motifs is 13. The second kappa shape index (κ2) is 38.4. The van der Waals surface area contributed by atoms with Gasteiger partial charge in [0.25, 0.3) is 0 Å². The molecule has 26 rings (SSSR count). The van der Waals surface area contributed by atoms with Gasteiger partial charge in [-0.25, -0.2) is 4.39 Å². The lowest BCUT2D eigenvalue weighted by atomic mass is 9.78. The van der Waals surface area contributed by atoms with Crippen molar-refractivity contribution in [3.8, 4) is 77.9 Å². The first-order chi connectivity index (χ1) is 70.6. The summed E-state index contributed by atoms with van der Waals surface area (Å²) in [5.74, 6) is -0.232. The van der Waals surface area contributed by atoms with E-state index in [9.17, 15) is 4.39 Å². The molecule has 0 spiro atoms. The minimum atomic E-state index is -0.232. The average molecular weight is 1850 g/mol. The van der Waals surface area contributed by atoms with E-state index >= 15 is 0 Å². The molecule has 0 heterocycles. The monoisotopic (exact) mass is 1850 g/mol. The molecule has 5 heteroatoms. The maximum atomic E-state index is 13.6. The third-order valence-electron chi connectivity index (χ3n) is 29.3. The molecule has 144 heavy (non-hydrogen) atoms. The zero-order valence-corrected chi connectivity index (χ0v) is 81.6. The zero-order chi connectivity index (χ0) is 97.4. The summed E-state index contributed by atoms with van der Waals surface area (Å²) >= 11 is 0. The molecule has 4 nitrogen and oxygen atoms in total. The van der Waals surface area contributed by atoms with Crippen LogP contribution in [0.2, 0.25) is 0 Å². The number of rotatable bonds is 16. The maximum Gasteiger partial charge on any atom is 0.123 e. The van der Waals surface area contributed by atoms with Gasteiger partial charge in [0.15, 0.2) is 0 Å². The molecule has 0 atom stereocenters. The Morgan fingerprint density at radius 2 is 0.368 bits per heavy atom. The topological polar surface area (TPSA) is 13.0 Å². The standard InChI is InChI=1S/3C37H29N.C28H20FN/c1-37(2)34-23-12-11-20-30(34)31-21-13-22-32(36(31)37)33-24-26-14-9-10-15-27(26)25-35(33)38(28-16-5-3-6-17-28)29-18-7-4-8-19-29;1-37(2)34-20-12-11-19-31(34)33-24-28(21-22-35(33)37)32-23-26-13-9-10-14-27(26)25-36(32)38(29-15-5-3-6-16-29)30-17-7-4-8-18-30;1-37(2)34-20-12-11-19-31(34)32-22-21-28(24-35(32)37)33-23-26-13-9-10-14-27(26)25-36(33)38(29-15-5-3-6-16-29)30-17-7-4-8-18-30;29-24-17-15-21(16-18-24)27-19-22-9-7-8-10-23(22)20-28(27)30(25-11-3-1-4-12-25)26-13-5-2-6-14-26/h3*3-25H,1-2H3;1-20H. The first kappa shape index (κ1) is 90.1. The highest BCUT2D eigenvalue weighted by Gasteiger charge is 2.41. The van der Waals surface area contributed by atoms with E-state index in [1.165, 1.54) is 162 Å². The highest BCUT2D eigenvalue weighted by Crippen LogP contribution is 2.58. The van der Waals surface area contributed by atoms with Crippen LogP contribution in [0, 0.1) is 5.82 Å². The number of anilines is 12. The largest absolute Gasteiger partial charge is 0.310 e. The number of hydrogen-bond donors (Lipinski definition) is 0. The van der Waals surface area contributed by atoms with Gasteiger partial charge in [-0.2, -0.15) is 0 Å². The minimum absolute atomic E-state index is 0.00319. The molecule has 0 bridgehead atoms. The number of benzene rings is 23. The van der Waals surface area contributed by atoms with Gasteiger partial charge < -0.3 is 19.6 Å². The average Bonchev–Trinajstić information content (AvgIpc) is 1.57. The summed E-state index contributed by atoms with van der Waals surface area (Å²) in [6.07, 6.45) is 0. The molecule has 0 saturated heterocycles. The summed E-state index contributed by atoms with van der Waals surface area (Å²) in [4.78, 5) is 9.42. The molecular formula is C139H107FN4. The van der Waals surface area contributed by atoms with Gasteiger partial charge in [0, 0.05) is 84.0 Å². The van der Waals surface area contributed by atoms with E-state index in [2.05, 4.69) is 534 Å². The molecule has 0 aromatic heterocycles. The second-order valence-electron chi connectivity index (χ2n) is 39.2. The van der Waals surface area contributed by atoms with Crippen LogP contribution in [0.1, 0.15) is 74.9 Å². The molecule has 0 aliphatic heterocycles. The third kappa shape index (κ3) is 17.0. The van der Waals surface area contributed by atoms with Crippen LogP contribution >= 0.6 is 0 Å². The van der Waals surface area contributed by atoms with Crippen molar-refractivity contribution in [3.63, 3.8) is 0 Å². The molecule has 0 radical (unpaired) electrons. The van der Waals surface area contributed by atoms with E-state index in [-0.39, 0.29) is 22.1 Å². The number of para-hydroxylation sites is 8. The molecule has 690 valence electrons. The highest BCUT2D eigenvalue weighted by atomic mass is 19.1. The summed E-state index contributed by atoms with van der Waals surface area (Å²) < 4.78 is 13.6. The Balaban J connectivity index is 0.000000107. The van der Waals surface area contributed by atoms with Crippen molar-refractivity contribution in [3.05, 3.63) is 579 Å². The summed E-state index contributed by atoms with van der Waals surface area (Å²) in [7, 11) is 0. The molecule has 3 aliphatic carbocycles. The summed E-state index contributed by atoms with van der Waals surface area (Å²) in [5.41, 5.74) is 39.4. The molecule has 23 aromatic carbocycles. The molecule has 0 saturated carbocycles. The van der Waals surface area contributed by atoms with Gasteiger partial charge in [0.05, 0.1) is 22.7 Å². The van der Waals surface area contributed by atoms with Crippen LogP contribution in [0.4, 0.5) is 72.6 Å². The highest BCUT2D eigenvalue weighted by molar-refractivity contribution is 6.06. The SMILES string of the molecule is CC1(C)c2ccccc2-c2cc(-c3cc4ccccc4cc3N(c3ccccc3)c3ccccc3)ccc21.CC1(C)c2ccccc2-c2ccc(-c3cc4ccccc4cc3N(c3ccccc3)c3ccccc3)cc21.CC1(C)c2ccccc2-c2cccc(-c3cc4ccccc4cc3N(c3ccccc3)c3ccccc3)c21.Fc1ccc(-c2cc3ccccc3cc2N(c2ccccc2)c2ccccc2)cc1. The van der Waals surface area contributed by atoms with Crippen LogP contribution in [0.3, 0.4) is 0 Å². The quantitative estimate of drug-likeness (QED) is 0.0956. The van der Waals surface area contributed by atoms with Crippen LogP contribution in [0.5, 0.6) is 0 Å². The fourth-order valence-electron chi connectivity index (χ4n) is 22.3. The Bertz CT molecular complexity index is 8480. The fraction of sp³-hybridized carbons (Fsp3) is 0.0647. The van der Waals surface area contributed by atoms with Gasteiger partial charge in [-0.3, -0.25) is 0 Å². The van der Waals surface area contributed by atoms with Crippen LogP contribution in [0.25, 0.3) is 121 Å². The van der Waals surface area contributed by atoms with E-state index in [0.29, 0.717) is 0 Å². The van der Waals surface area contributed by atoms with Crippen LogP contribution in [-0.4, -0.2) is 0 Å². The van der Waals surface area contributed by atoms with Gasteiger partial charge in [0.1, 0.15) is 5.82 Å². The summed E-state index contributed by atoms with van der Waals surface area (Å²) in [5, 5.41) is 9.75. The smallest absolute Gasteiger partial charge is 0.123 e. The van der Waals surface area contributed by atoms with E-state index in [0.717, 1.165) is 73.1 Å². The van der Waals surface area contributed by atoms with Gasteiger partial charge in [-0.05, 0) is 302 Å². The predicted octanol–water partition coefficient (Wildman–Crippen LogP) is 39.0. The van der Waals surface area contributed by atoms with Crippen molar-refractivity contribution in [1.82, 2.24) is 0 Å². The van der Waals surface area contributed by atoms with Crippen molar-refractivity contribution in [2.45, 2.75) is 57.8 Å². The Kier molecular flexibility index (Phi) is 24.1. The number of nitrogens with zero attached hydrogens (tertiary/aromatic N) is 4. The van der Waals surface area contributed by atoms with Gasteiger partial charge >= 0.3 is 0 Å². The lowest BCUT2D eigenvalue weighted by molar-refractivity contribution is 0.628. The Labute approximate surface area is 844 Å². The summed E-state index contributed by atoms with van der Waals surface area (Å²) in [6, 6.07) is 192. The second-order valence-corrected chi connectivity index (χ2v) is 39.2. The molecule has 0 N–H and O–H groups in total. The Hall–Kier alpha value is -17.8.